The molecular weight excluding hydrogens is 325 g/mol. The van der Waals surface area contributed by atoms with Gasteiger partial charge in [-0.25, -0.2) is 0 Å². The molecule has 7 heteroatoms. The van der Waals surface area contributed by atoms with E-state index in [4.69, 9.17) is 5.73 Å². The normalized spacial score (nSPS) is 17.9. The van der Waals surface area contributed by atoms with E-state index in [2.05, 4.69) is 16.8 Å². The molecule has 0 aliphatic carbocycles. The summed E-state index contributed by atoms with van der Waals surface area (Å²) < 4.78 is 0. The average Bonchev–Trinajstić information content (AvgIpc) is 2.47. The fourth-order valence-corrected chi connectivity index (χ4v) is 2.30. The Kier molecular flexibility index (Phi) is 8.36. The summed E-state index contributed by atoms with van der Waals surface area (Å²) in [6, 6.07) is 7.32. The zero-order chi connectivity index (χ0) is 14.8. The number of anilines is 1. The second kappa shape index (κ2) is 8.70. The maximum atomic E-state index is 12.0. The van der Waals surface area contributed by atoms with E-state index < -0.39 is 11.5 Å². The molecule has 1 fully saturated rings. The third kappa shape index (κ3) is 4.83. The van der Waals surface area contributed by atoms with Crippen LogP contribution in [0.3, 0.4) is 0 Å². The van der Waals surface area contributed by atoms with Gasteiger partial charge in [0.05, 0.1) is 0 Å². The molecule has 1 saturated heterocycles. The first-order valence-electron chi connectivity index (χ1n) is 7.03. The van der Waals surface area contributed by atoms with Crippen molar-refractivity contribution in [3.63, 3.8) is 0 Å². The number of piperazine rings is 1. The maximum Gasteiger partial charge on any atom is 0.209 e. The van der Waals surface area contributed by atoms with Crippen molar-refractivity contribution in [2.75, 3.05) is 38.1 Å². The van der Waals surface area contributed by atoms with Crippen molar-refractivity contribution in [3.8, 4) is 0 Å². The summed E-state index contributed by atoms with van der Waals surface area (Å²) in [6.07, 6.45) is 0.200. The number of carbonyl (C=O) groups excluding carboxylic acids is 1. The van der Waals surface area contributed by atoms with E-state index in [1.807, 2.05) is 12.1 Å². The predicted molar refractivity (Wildman–Crippen MR) is 94.4 cm³/mol. The Bertz CT molecular complexity index is 472. The molecule has 1 aromatic rings. The Morgan fingerprint density at radius 3 is 2.14 bits per heavy atom. The van der Waals surface area contributed by atoms with Gasteiger partial charge in [-0.15, -0.1) is 24.8 Å². The molecule has 1 aliphatic rings. The van der Waals surface area contributed by atoms with E-state index in [0.29, 0.717) is 5.56 Å². The number of carbonyl (C=O) groups is 1. The fraction of sp³-hybridized carbons (Fsp3) is 0.533. The van der Waals surface area contributed by atoms with Gasteiger partial charge in [-0.3, -0.25) is 10.5 Å². The number of rotatable bonds is 4. The standard InChI is InChI=1S/C15H23N3O2.2ClH/c1-3-15(16,20)14(19)12-4-6-13(7-5-12)18-10-8-17(2)9-11-18;;/h4-7,20H,3,8-11,16H2,1-2H3;2*1H. The topological polar surface area (TPSA) is 69.8 Å². The first kappa shape index (κ1) is 21.1. The number of aliphatic hydroxyl groups is 1. The molecule has 5 nitrogen and oxygen atoms in total. The number of hydrogen-bond acceptors (Lipinski definition) is 5. The number of Topliss-reactive ketones (excluding diaryl/α,β-unsaturated/α-hetero) is 1. The zero-order valence-electron chi connectivity index (χ0n) is 13.0. The highest BCUT2D eigenvalue weighted by molar-refractivity contribution is 6.02. The molecular formula is C15H25Cl2N3O2. The third-order valence-corrected chi connectivity index (χ3v) is 3.93. The first-order valence-corrected chi connectivity index (χ1v) is 7.03. The van der Waals surface area contributed by atoms with E-state index in [1.165, 1.54) is 0 Å². The Labute approximate surface area is 144 Å². The van der Waals surface area contributed by atoms with Crippen LogP contribution in [0.15, 0.2) is 24.3 Å². The van der Waals surface area contributed by atoms with Crippen molar-refractivity contribution < 1.29 is 9.90 Å². The molecule has 2 rings (SSSR count). The Hall–Kier alpha value is -0.850. The molecule has 0 aromatic heterocycles. The first-order chi connectivity index (χ1) is 9.44. The number of ketones is 1. The molecule has 1 aliphatic heterocycles. The van der Waals surface area contributed by atoms with Gasteiger partial charge in [-0.05, 0) is 37.7 Å². The number of halogens is 2. The van der Waals surface area contributed by atoms with E-state index in [1.54, 1.807) is 19.1 Å². The second-order valence-corrected chi connectivity index (χ2v) is 5.44. The van der Waals surface area contributed by atoms with Crippen LogP contribution in [0, 0.1) is 0 Å². The van der Waals surface area contributed by atoms with Crippen LogP contribution >= 0.6 is 24.8 Å². The minimum atomic E-state index is -1.77. The highest BCUT2D eigenvalue weighted by atomic mass is 35.5. The van der Waals surface area contributed by atoms with Crippen LogP contribution in [0.1, 0.15) is 23.7 Å². The molecule has 1 unspecified atom stereocenters. The van der Waals surface area contributed by atoms with Crippen LogP contribution in [0.25, 0.3) is 0 Å². The van der Waals surface area contributed by atoms with Crippen molar-refractivity contribution in [3.05, 3.63) is 29.8 Å². The fourth-order valence-electron chi connectivity index (χ4n) is 2.30. The molecule has 1 aromatic carbocycles. The van der Waals surface area contributed by atoms with Crippen LogP contribution in [0.5, 0.6) is 0 Å². The minimum Gasteiger partial charge on any atom is -0.369 e. The lowest BCUT2D eigenvalue weighted by atomic mass is 9.99. The summed E-state index contributed by atoms with van der Waals surface area (Å²) in [5.74, 6) is -0.426. The zero-order valence-corrected chi connectivity index (χ0v) is 14.6. The molecule has 0 radical (unpaired) electrons. The van der Waals surface area contributed by atoms with Crippen molar-refractivity contribution in [2.45, 2.75) is 19.1 Å². The lowest BCUT2D eigenvalue weighted by Crippen LogP contribution is -2.47. The van der Waals surface area contributed by atoms with E-state index >= 15 is 0 Å². The molecule has 1 heterocycles. The predicted octanol–water partition coefficient (Wildman–Crippen LogP) is 1.52. The molecule has 3 N–H and O–H groups in total. The lowest BCUT2D eigenvalue weighted by Gasteiger charge is -2.34. The summed E-state index contributed by atoms with van der Waals surface area (Å²) in [5.41, 5.74) is 5.37. The highest BCUT2D eigenvalue weighted by Crippen LogP contribution is 2.19. The second-order valence-electron chi connectivity index (χ2n) is 5.44. The largest absolute Gasteiger partial charge is 0.369 e. The van der Waals surface area contributed by atoms with Gasteiger partial charge in [0.15, 0.2) is 5.72 Å². The summed E-state index contributed by atoms with van der Waals surface area (Å²) in [4.78, 5) is 16.6. The highest BCUT2D eigenvalue weighted by Gasteiger charge is 2.29. The van der Waals surface area contributed by atoms with Gasteiger partial charge in [0.1, 0.15) is 0 Å². The Morgan fingerprint density at radius 1 is 1.18 bits per heavy atom. The van der Waals surface area contributed by atoms with E-state index in [9.17, 15) is 9.90 Å². The molecule has 22 heavy (non-hydrogen) atoms. The molecule has 126 valence electrons. The van der Waals surface area contributed by atoms with Gasteiger partial charge in [0.2, 0.25) is 5.78 Å². The van der Waals surface area contributed by atoms with Gasteiger partial charge in [0.25, 0.3) is 0 Å². The van der Waals surface area contributed by atoms with Crippen molar-refractivity contribution in [1.29, 1.82) is 0 Å². The monoisotopic (exact) mass is 349 g/mol. The Balaban J connectivity index is 0.00000220. The number of nitrogens with zero attached hydrogens (tertiary/aromatic N) is 2. The lowest BCUT2D eigenvalue weighted by molar-refractivity contribution is 0.0330. The molecule has 0 bridgehead atoms. The number of hydrogen-bond donors (Lipinski definition) is 2. The summed E-state index contributed by atoms with van der Waals surface area (Å²) in [6.45, 7) is 5.74. The number of benzene rings is 1. The molecule has 1 atom stereocenters. The smallest absolute Gasteiger partial charge is 0.209 e. The van der Waals surface area contributed by atoms with Crippen LogP contribution in [-0.4, -0.2) is 54.7 Å². The number of nitrogens with two attached hydrogens (primary N) is 1. The summed E-state index contributed by atoms with van der Waals surface area (Å²) in [7, 11) is 2.12. The molecule has 0 saturated carbocycles. The number of likely N-dealkylation sites (N-methyl/N-ethyl adjacent to an activating group) is 1. The Morgan fingerprint density at radius 2 is 1.68 bits per heavy atom. The van der Waals surface area contributed by atoms with Gasteiger partial charge in [-0.2, -0.15) is 0 Å². The van der Waals surface area contributed by atoms with Gasteiger partial charge in [0, 0.05) is 37.4 Å². The quantitative estimate of drug-likeness (QED) is 0.637. The average molecular weight is 350 g/mol. The van der Waals surface area contributed by atoms with E-state index in [0.717, 1.165) is 31.9 Å². The minimum absolute atomic E-state index is 0. The van der Waals surface area contributed by atoms with Crippen LogP contribution in [0.2, 0.25) is 0 Å². The van der Waals surface area contributed by atoms with Crippen LogP contribution < -0.4 is 10.6 Å². The van der Waals surface area contributed by atoms with Crippen molar-refractivity contribution >= 4 is 36.3 Å². The van der Waals surface area contributed by atoms with Gasteiger partial charge in [-0.1, -0.05) is 6.92 Å². The van der Waals surface area contributed by atoms with E-state index in [-0.39, 0.29) is 31.2 Å². The summed E-state index contributed by atoms with van der Waals surface area (Å²) >= 11 is 0. The molecule has 0 amide bonds. The van der Waals surface area contributed by atoms with Gasteiger partial charge >= 0.3 is 0 Å². The van der Waals surface area contributed by atoms with Crippen molar-refractivity contribution in [1.82, 2.24) is 4.90 Å². The van der Waals surface area contributed by atoms with Crippen molar-refractivity contribution in [2.24, 2.45) is 5.73 Å². The van der Waals surface area contributed by atoms with Gasteiger partial charge < -0.3 is 14.9 Å². The van der Waals surface area contributed by atoms with Crippen LogP contribution in [-0.2, 0) is 0 Å². The summed E-state index contributed by atoms with van der Waals surface area (Å²) in [5, 5.41) is 9.80. The SMILES string of the molecule is CCC(N)(O)C(=O)c1ccc(N2CCN(C)CC2)cc1.Cl.Cl. The van der Waals surface area contributed by atoms with Crippen LogP contribution in [0.4, 0.5) is 5.69 Å². The maximum absolute atomic E-state index is 12.0. The third-order valence-electron chi connectivity index (χ3n) is 3.93. The molecule has 0 spiro atoms.